The summed E-state index contributed by atoms with van der Waals surface area (Å²) in [5.74, 6) is -1.26. The van der Waals surface area contributed by atoms with E-state index in [4.69, 9.17) is 5.11 Å². The number of nitrogens with one attached hydrogen (secondary N) is 2. The lowest BCUT2D eigenvalue weighted by Gasteiger charge is -2.06. The maximum Gasteiger partial charge on any atom is 0.303 e. The first kappa shape index (κ1) is 16.4. The van der Waals surface area contributed by atoms with Crippen LogP contribution in [-0.4, -0.2) is 27.7 Å². The van der Waals surface area contributed by atoms with Crippen molar-refractivity contribution in [3.63, 3.8) is 0 Å². The van der Waals surface area contributed by atoms with Crippen LogP contribution in [0.4, 0.5) is 0 Å². The van der Waals surface area contributed by atoms with Crippen molar-refractivity contribution in [3.05, 3.63) is 71.9 Å². The van der Waals surface area contributed by atoms with Crippen molar-refractivity contribution in [2.24, 2.45) is 5.10 Å². The Morgan fingerprint density at radius 1 is 1.00 bits per heavy atom. The Labute approximate surface area is 144 Å². The first-order valence-electron chi connectivity index (χ1n) is 7.85. The molecule has 0 unspecified atom stereocenters. The molecule has 126 valence electrons. The zero-order valence-electron chi connectivity index (χ0n) is 13.4. The molecule has 25 heavy (non-hydrogen) atoms. The summed E-state index contributed by atoms with van der Waals surface area (Å²) >= 11 is 0. The molecule has 0 saturated heterocycles. The van der Waals surface area contributed by atoms with Crippen molar-refractivity contribution in [1.29, 1.82) is 0 Å². The van der Waals surface area contributed by atoms with Gasteiger partial charge in [-0.25, -0.2) is 5.43 Å². The van der Waals surface area contributed by atoms with Crippen LogP contribution in [0.25, 0.3) is 10.9 Å². The zero-order valence-corrected chi connectivity index (χ0v) is 13.4. The smallest absolute Gasteiger partial charge is 0.303 e. The number of para-hydroxylation sites is 1. The Balaban J connectivity index is 1.82. The minimum absolute atomic E-state index is 0.0588. The average Bonchev–Trinajstić information content (AvgIpc) is 3.06. The van der Waals surface area contributed by atoms with Gasteiger partial charge in [0, 0.05) is 23.5 Å². The first-order chi connectivity index (χ1) is 12.1. The number of carbonyl (C=O) groups is 2. The monoisotopic (exact) mass is 335 g/mol. The number of nitrogens with zero attached hydrogens (tertiary/aromatic N) is 1. The molecule has 0 atom stereocenters. The molecule has 0 saturated carbocycles. The molecular formula is C19H17N3O3. The van der Waals surface area contributed by atoms with E-state index in [1.54, 1.807) is 6.20 Å². The number of aromatic amines is 1. The largest absolute Gasteiger partial charge is 0.481 e. The van der Waals surface area contributed by atoms with Crippen LogP contribution in [0.5, 0.6) is 0 Å². The zero-order chi connectivity index (χ0) is 17.6. The van der Waals surface area contributed by atoms with E-state index in [2.05, 4.69) is 15.5 Å². The van der Waals surface area contributed by atoms with Crippen LogP contribution >= 0.6 is 0 Å². The molecule has 0 aliphatic rings. The Morgan fingerprint density at radius 3 is 2.48 bits per heavy atom. The number of carboxylic acids is 1. The standard InChI is InChI=1S/C19H17N3O3/c23-18(24)11-10-16(13-6-2-1-3-7-13)21-22-19(25)15-12-20-17-9-5-4-8-14(15)17/h1-9,12,20H,10-11H2,(H,22,25)(H,23,24)/b21-16+. The van der Waals surface area contributed by atoms with Gasteiger partial charge in [0.05, 0.1) is 17.7 Å². The third-order valence-electron chi connectivity index (χ3n) is 3.81. The Kier molecular flexibility index (Phi) is 4.89. The predicted octanol–water partition coefficient (Wildman–Crippen LogP) is 3.17. The summed E-state index contributed by atoms with van der Waals surface area (Å²) in [6.45, 7) is 0. The summed E-state index contributed by atoms with van der Waals surface area (Å²) < 4.78 is 0. The van der Waals surface area contributed by atoms with Crippen LogP contribution in [-0.2, 0) is 4.79 Å². The van der Waals surface area contributed by atoms with Gasteiger partial charge in [-0.3, -0.25) is 9.59 Å². The molecule has 1 aromatic heterocycles. The number of amides is 1. The van der Waals surface area contributed by atoms with Crippen molar-refractivity contribution in [3.8, 4) is 0 Å². The molecule has 1 amide bonds. The van der Waals surface area contributed by atoms with E-state index < -0.39 is 5.97 Å². The normalized spacial score (nSPS) is 11.4. The van der Waals surface area contributed by atoms with Crippen LogP contribution < -0.4 is 5.43 Å². The molecule has 2 aromatic carbocycles. The number of aromatic nitrogens is 1. The highest BCUT2D eigenvalue weighted by Gasteiger charge is 2.12. The summed E-state index contributed by atoms with van der Waals surface area (Å²) in [5.41, 5.74) is 5.20. The molecule has 0 aliphatic heterocycles. The van der Waals surface area contributed by atoms with Gasteiger partial charge in [0.25, 0.3) is 5.91 Å². The highest BCUT2D eigenvalue weighted by atomic mass is 16.4. The number of carboxylic acid groups (broad SMARTS) is 1. The van der Waals surface area contributed by atoms with Gasteiger partial charge in [0.15, 0.2) is 0 Å². The number of carbonyl (C=O) groups excluding carboxylic acids is 1. The Bertz CT molecular complexity index is 929. The van der Waals surface area contributed by atoms with Crippen molar-refractivity contribution in [2.45, 2.75) is 12.8 Å². The molecule has 1 heterocycles. The predicted molar refractivity (Wildman–Crippen MR) is 95.6 cm³/mol. The first-order valence-corrected chi connectivity index (χ1v) is 7.85. The maximum atomic E-state index is 12.4. The Hall–Kier alpha value is -3.41. The molecule has 6 nitrogen and oxygen atoms in total. The molecule has 3 N–H and O–H groups in total. The summed E-state index contributed by atoms with van der Waals surface area (Å²) in [7, 11) is 0. The van der Waals surface area contributed by atoms with Crippen LogP contribution in [0.3, 0.4) is 0 Å². The number of rotatable bonds is 6. The molecule has 6 heteroatoms. The van der Waals surface area contributed by atoms with Crippen LogP contribution in [0.2, 0.25) is 0 Å². The molecule has 0 fully saturated rings. The highest BCUT2D eigenvalue weighted by molar-refractivity contribution is 6.08. The highest BCUT2D eigenvalue weighted by Crippen LogP contribution is 2.17. The molecular weight excluding hydrogens is 318 g/mol. The lowest BCUT2D eigenvalue weighted by Crippen LogP contribution is -2.20. The summed E-state index contributed by atoms with van der Waals surface area (Å²) in [6.07, 6.45) is 1.80. The third kappa shape index (κ3) is 3.92. The van der Waals surface area contributed by atoms with Gasteiger partial charge in [0.1, 0.15) is 0 Å². The van der Waals surface area contributed by atoms with Gasteiger partial charge in [-0.05, 0) is 11.6 Å². The van der Waals surface area contributed by atoms with Crippen molar-refractivity contribution < 1.29 is 14.7 Å². The van der Waals surface area contributed by atoms with Crippen LogP contribution in [0.1, 0.15) is 28.8 Å². The number of aliphatic carboxylic acids is 1. The van der Waals surface area contributed by atoms with E-state index in [1.165, 1.54) is 0 Å². The molecule has 3 rings (SSSR count). The summed E-state index contributed by atoms with van der Waals surface area (Å²) in [4.78, 5) is 26.3. The van der Waals surface area contributed by atoms with Crippen molar-refractivity contribution >= 4 is 28.5 Å². The second-order valence-electron chi connectivity index (χ2n) is 5.51. The molecule has 0 bridgehead atoms. The fourth-order valence-corrected chi connectivity index (χ4v) is 2.56. The number of hydrogen-bond acceptors (Lipinski definition) is 3. The summed E-state index contributed by atoms with van der Waals surface area (Å²) in [6, 6.07) is 16.7. The quantitative estimate of drug-likeness (QED) is 0.477. The number of hydrazone groups is 1. The van der Waals surface area contributed by atoms with Gasteiger partial charge in [0.2, 0.25) is 0 Å². The molecule has 0 radical (unpaired) electrons. The van der Waals surface area contributed by atoms with E-state index >= 15 is 0 Å². The fourth-order valence-electron chi connectivity index (χ4n) is 2.56. The number of fused-ring (bicyclic) bond motifs is 1. The Morgan fingerprint density at radius 2 is 1.72 bits per heavy atom. The fraction of sp³-hybridized carbons (Fsp3) is 0.105. The van der Waals surface area contributed by atoms with Gasteiger partial charge < -0.3 is 10.1 Å². The number of H-pyrrole nitrogens is 1. The maximum absolute atomic E-state index is 12.4. The van der Waals surface area contributed by atoms with Crippen molar-refractivity contribution in [2.75, 3.05) is 0 Å². The minimum Gasteiger partial charge on any atom is -0.481 e. The lowest BCUT2D eigenvalue weighted by molar-refractivity contribution is -0.136. The number of hydrogen-bond donors (Lipinski definition) is 3. The van der Waals surface area contributed by atoms with Gasteiger partial charge >= 0.3 is 5.97 Å². The SMILES string of the molecule is O=C(O)CC/C(=N\NC(=O)c1c[nH]c2ccccc12)c1ccccc1. The second kappa shape index (κ2) is 7.44. The lowest BCUT2D eigenvalue weighted by atomic mass is 10.1. The van der Waals surface area contributed by atoms with E-state index in [0.29, 0.717) is 11.3 Å². The topological polar surface area (TPSA) is 94.5 Å². The van der Waals surface area contributed by atoms with Gasteiger partial charge in [-0.1, -0.05) is 48.5 Å². The van der Waals surface area contributed by atoms with Crippen molar-refractivity contribution in [1.82, 2.24) is 10.4 Å². The van der Waals surface area contributed by atoms with Crippen LogP contribution in [0, 0.1) is 0 Å². The minimum atomic E-state index is -0.911. The van der Waals surface area contributed by atoms with Gasteiger partial charge in [-0.15, -0.1) is 0 Å². The van der Waals surface area contributed by atoms with E-state index in [1.807, 2.05) is 54.6 Å². The average molecular weight is 335 g/mol. The number of benzene rings is 2. The van der Waals surface area contributed by atoms with E-state index in [-0.39, 0.29) is 18.7 Å². The molecule has 0 aliphatic carbocycles. The molecule has 0 spiro atoms. The summed E-state index contributed by atoms with van der Waals surface area (Å²) in [5, 5.41) is 13.9. The second-order valence-corrected chi connectivity index (χ2v) is 5.51. The van der Waals surface area contributed by atoms with E-state index in [0.717, 1.165) is 16.5 Å². The van der Waals surface area contributed by atoms with Gasteiger partial charge in [-0.2, -0.15) is 5.10 Å². The van der Waals surface area contributed by atoms with Crippen LogP contribution in [0.15, 0.2) is 65.9 Å². The van der Waals surface area contributed by atoms with E-state index in [9.17, 15) is 9.59 Å². The molecule has 3 aromatic rings. The third-order valence-corrected chi connectivity index (χ3v) is 3.81.